The summed E-state index contributed by atoms with van der Waals surface area (Å²) < 4.78 is 2.98. The molecule has 0 atom stereocenters. The van der Waals surface area contributed by atoms with E-state index in [0.29, 0.717) is 11.6 Å². The van der Waals surface area contributed by atoms with Crippen LogP contribution < -0.4 is 0 Å². The van der Waals surface area contributed by atoms with Crippen LogP contribution in [0, 0.1) is 4.91 Å². The van der Waals surface area contributed by atoms with Crippen LogP contribution in [-0.4, -0.2) is 10.5 Å². The van der Waals surface area contributed by atoms with Crippen LogP contribution in [0.3, 0.4) is 0 Å². The summed E-state index contributed by atoms with van der Waals surface area (Å²) in [6.07, 6.45) is 5.58. The number of benzene rings is 1. The van der Waals surface area contributed by atoms with Gasteiger partial charge in [0.2, 0.25) is 0 Å². The van der Waals surface area contributed by atoms with Crippen molar-refractivity contribution in [1.82, 2.24) is 4.57 Å². The van der Waals surface area contributed by atoms with E-state index in [9.17, 15) is 9.70 Å². The van der Waals surface area contributed by atoms with E-state index in [1.165, 1.54) is 19.3 Å². The fraction of sp³-hybridized carbons (Fsp3) is 0.308. The first-order valence-electron chi connectivity index (χ1n) is 5.88. The number of hydrogen-bond acceptors (Lipinski definition) is 2. The van der Waals surface area contributed by atoms with E-state index in [-0.39, 0.29) is 0 Å². The summed E-state index contributed by atoms with van der Waals surface area (Å²) in [6.45, 7) is 0. The maximum Gasteiger partial charge on any atom is 0.317 e. The summed E-state index contributed by atoms with van der Waals surface area (Å²) in [5.74, 6) is -0.715. The Kier molecular flexibility index (Phi) is 2.78. The van der Waals surface area contributed by atoms with Crippen molar-refractivity contribution in [2.24, 2.45) is 5.18 Å². The van der Waals surface area contributed by atoms with E-state index >= 15 is 0 Å². The van der Waals surface area contributed by atoms with Crippen molar-refractivity contribution in [2.45, 2.75) is 25.3 Å². The Morgan fingerprint density at radius 1 is 1.39 bits per heavy atom. The highest BCUT2D eigenvalue weighted by atomic mass is 79.9. The summed E-state index contributed by atoms with van der Waals surface area (Å²) in [5, 5.41) is 3.32. The van der Waals surface area contributed by atoms with Crippen molar-refractivity contribution in [2.75, 3.05) is 0 Å². The second-order valence-corrected chi connectivity index (χ2v) is 5.51. The van der Waals surface area contributed by atoms with Crippen LogP contribution in [0.5, 0.6) is 0 Å². The van der Waals surface area contributed by atoms with Gasteiger partial charge in [0.05, 0.1) is 11.1 Å². The molecule has 0 spiro atoms. The molecular formula is C13H11BrN2O2. The Balaban J connectivity index is 2.22. The van der Waals surface area contributed by atoms with Crippen LogP contribution in [0.15, 0.2) is 34.0 Å². The highest BCUT2D eigenvalue weighted by molar-refractivity contribution is 9.10. The van der Waals surface area contributed by atoms with Gasteiger partial charge in [-0.3, -0.25) is 4.79 Å². The Morgan fingerprint density at radius 3 is 2.78 bits per heavy atom. The molecule has 2 aromatic rings. The summed E-state index contributed by atoms with van der Waals surface area (Å²) in [6, 6.07) is 6.04. The lowest BCUT2D eigenvalue weighted by Gasteiger charge is -2.28. The molecule has 1 aromatic carbocycles. The predicted octanol–water partition coefficient (Wildman–Crippen LogP) is 4.04. The van der Waals surface area contributed by atoms with E-state index < -0.39 is 5.91 Å². The topological polar surface area (TPSA) is 51.4 Å². The number of amides is 1. The molecule has 1 saturated carbocycles. The minimum Gasteiger partial charge on any atom is -0.344 e. The van der Waals surface area contributed by atoms with E-state index in [0.717, 1.165) is 15.4 Å². The van der Waals surface area contributed by atoms with Gasteiger partial charge in [0.25, 0.3) is 0 Å². The average Bonchev–Trinajstić information content (AvgIpc) is 2.69. The van der Waals surface area contributed by atoms with E-state index in [2.05, 4.69) is 25.7 Å². The highest BCUT2D eigenvalue weighted by Crippen LogP contribution is 2.36. The molecule has 0 bridgehead atoms. The number of aromatic nitrogens is 1. The van der Waals surface area contributed by atoms with Crippen LogP contribution in [-0.2, 0) is 0 Å². The molecule has 0 N–H and O–H groups in total. The maximum atomic E-state index is 11.5. The fourth-order valence-corrected chi connectivity index (χ4v) is 2.88. The molecule has 1 aliphatic carbocycles. The van der Waals surface area contributed by atoms with Crippen LogP contribution in [0.4, 0.5) is 0 Å². The molecule has 1 amide bonds. The second kappa shape index (κ2) is 4.31. The number of halogens is 1. The summed E-state index contributed by atoms with van der Waals surface area (Å²) in [4.78, 5) is 22.0. The molecule has 0 saturated heterocycles. The van der Waals surface area contributed by atoms with Gasteiger partial charge in [-0.1, -0.05) is 15.9 Å². The van der Waals surface area contributed by atoms with E-state index in [1.54, 1.807) is 6.07 Å². The van der Waals surface area contributed by atoms with Gasteiger partial charge >= 0.3 is 5.91 Å². The quantitative estimate of drug-likeness (QED) is 0.786. The molecule has 92 valence electrons. The van der Waals surface area contributed by atoms with Crippen LogP contribution in [0.2, 0.25) is 0 Å². The van der Waals surface area contributed by atoms with Gasteiger partial charge in [-0.2, -0.15) is 0 Å². The Hall–Kier alpha value is -1.49. The molecule has 0 aliphatic heterocycles. The molecule has 1 fully saturated rings. The molecule has 1 aliphatic rings. The number of fused-ring (bicyclic) bond motifs is 1. The van der Waals surface area contributed by atoms with Crippen molar-refractivity contribution in [1.29, 1.82) is 0 Å². The minimum atomic E-state index is -0.715. The number of nitroso groups, excluding NO2 is 1. The molecule has 4 nitrogen and oxygen atoms in total. The van der Waals surface area contributed by atoms with Gasteiger partial charge < -0.3 is 4.57 Å². The Bertz CT molecular complexity index is 644. The SMILES string of the molecule is O=NC(=O)c1cc(Br)cc2c1ccn2C1CCC1. The van der Waals surface area contributed by atoms with Crippen molar-refractivity contribution in [3.05, 3.63) is 39.3 Å². The summed E-state index contributed by atoms with van der Waals surface area (Å²) in [5.41, 5.74) is 1.36. The van der Waals surface area contributed by atoms with Gasteiger partial charge in [-0.05, 0) is 37.5 Å². The fourth-order valence-electron chi connectivity index (χ4n) is 2.44. The zero-order valence-corrected chi connectivity index (χ0v) is 11.2. The molecule has 1 aromatic heterocycles. The number of hydrogen-bond donors (Lipinski definition) is 0. The third-order valence-corrected chi connectivity index (χ3v) is 4.04. The molecule has 0 radical (unpaired) electrons. The van der Waals surface area contributed by atoms with Crippen LogP contribution in [0.25, 0.3) is 10.9 Å². The van der Waals surface area contributed by atoms with Crippen molar-refractivity contribution in [3.8, 4) is 0 Å². The third-order valence-electron chi connectivity index (χ3n) is 3.58. The smallest absolute Gasteiger partial charge is 0.317 e. The summed E-state index contributed by atoms with van der Waals surface area (Å²) in [7, 11) is 0. The summed E-state index contributed by atoms with van der Waals surface area (Å²) >= 11 is 3.38. The number of nitrogens with zero attached hydrogens (tertiary/aromatic N) is 2. The van der Waals surface area contributed by atoms with Crippen LogP contribution >= 0.6 is 15.9 Å². The lowest BCUT2D eigenvalue weighted by molar-refractivity contribution is 0.100. The molecule has 18 heavy (non-hydrogen) atoms. The molecular weight excluding hydrogens is 296 g/mol. The first-order chi connectivity index (χ1) is 8.70. The highest BCUT2D eigenvalue weighted by Gasteiger charge is 2.22. The second-order valence-electron chi connectivity index (χ2n) is 4.59. The monoisotopic (exact) mass is 306 g/mol. The average molecular weight is 307 g/mol. The maximum absolute atomic E-state index is 11.5. The zero-order chi connectivity index (χ0) is 12.7. The molecule has 5 heteroatoms. The number of carbonyl (C=O) groups excluding carboxylic acids is 1. The standard InChI is InChI=1S/C13H11BrN2O2/c14-8-6-11(13(17)15-18)10-4-5-16(12(10)7-8)9-2-1-3-9/h4-7,9H,1-3H2. The van der Waals surface area contributed by atoms with E-state index in [4.69, 9.17) is 0 Å². The minimum absolute atomic E-state index is 0.368. The van der Waals surface area contributed by atoms with Gasteiger partial charge in [-0.15, -0.1) is 4.91 Å². The van der Waals surface area contributed by atoms with Gasteiger partial charge in [-0.25, -0.2) is 0 Å². The Morgan fingerprint density at radius 2 is 2.17 bits per heavy atom. The van der Waals surface area contributed by atoms with Gasteiger partial charge in [0, 0.05) is 27.3 Å². The van der Waals surface area contributed by atoms with Crippen molar-refractivity contribution in [3.63, 3.8) is 0 Å². The van der Waals surface area contributed by atoms with E-state index in [1.807, 2.05) is 18.3 Å². The van der Waals surface area contributed by atoms with Crippen molar-refractivity contribution < 1.29 is 4.79 Å². The first kappa shape index (κ1) is 11.6. The zero-order valence-electron chi connectivity index (χ0n) is 9.60. The first-order valence-corrected chi connectivity index (χ1v) is 6.68. The normalized spacial score (nSPS) is 15.6. The van der Waals surface area contributed by atoms with Crippen molar-refractivity contribution >= 4 is 32.7 Å². The Labute approximate surface area is 112 Å². The largest absolute Gasteiger partial charge is 0.344 e. The lowest BCUT2D eigenvalue weighted by Crippen LogP contribution is -2.15. The van der Waals surface area contributed by atoms with Gasteiger partial charge in [0.1, 0.15) is 0 Å². The number of carbonyl (C=O) groups is 1. The molecule has 1 heterocycles. The number of rotatable bonds is 2. The third kappa shape index (κ3) is 1.70. The predicted molar refractivity (Wildman–Crippen MR) is 72.7 cm³/mol. The lowest BCUT2D eigenvalue weighted by atomic mass is 9.93. The van der Waals surface area contributed by atoms with Gasteiger partial charge in [0.15, 0.2) is 0 Å². The molecule has 0 unspecified atom stereocenters. The molecule has 3 rings (SSSR count). The van der Waals surface area contributed by atoms with Crippen LogP contribution in [0.1, 0.15) is 35.7 Å².